The van der Waals surface area contributed by atoms with E-state index in [4.69, 9.17) is 4.74 Å². The summed E-state index contributed by atoms with van der Waals surface area (Å²) in [4.78, 5) is 26.8. The van der Waals surface area contributed by atoms with Crippen LogP contribution in [0.1, 0.15) is 71.3 Å². The molecule has 2 amide bonds. The van der Waals surface area contributed by atoms with Gasteiger partial charge in [0.1, 0.15) is 5.75 Å². The van der Waals surface area contributed by atoms with E-state index in [1.54, 1.807) is 6.92 Å². The number of ether oxygens (including phenoxy) is 1. The zero-order chi connectivity index (χ0) is 20.5. The summed E-state index contributed by atoms with van der Waals surface area (Å²) in [6.45, 7) is 10.2. The minimum absolute atomic E-state index is 0.00301. The molecule has 1 unspecified atom stereocenters. The number of carbonyl (C=O) groups excluding carboxylic acids is 2. The number of benzene rings is 1. The molecule has 1 aliphatic rings. The van der Waals surface area contributed by atoms with Crippen LogP contribution in [0.2, 0.25) is 0 Å². The van der Waals surface area contributed by atoms with Crippen LogP contribution in [0.5, 0.6) is 5.75 Å². The molecule has 2 rings (SSSR count). The number of amides is 2. The highest BCUT2D eigenvalue weighted by Gasteiger charge is 2.29. The Morgan fingerprint density at radius 1 is 1.18 bits per heavy atom. The Labute approximate surface area is 169 Å². The molecule has 0 radical (unpaired) electrons. The summed E-state index contributed by atoms with van der Waals surface area (Å²) in [5.74, 6) is 1.30. The molecular formula is C23H36N2O3. The molecule has 1 fully saturated rings. The maximum absolute atomic E-state index is 12.7. The van der Waals surface area contributed by atoms with Crippen LogP contribution in [0.25, 0.3) is 0 Å². The van der Waals surface area contributed by atoms with Crippen LogP contribution >= 0.6 is 0 Å². The molecule has 1 aromatic rings. The van der Waals surface area contributed by atoms with Gasteiger partial charge in [0.05, 0.1) is 0 Å². The predicted octanol–water partition coefficient (Wildman–Crippen LogP) is 4.12. The van der Waals surface area contributed by atoms with Gasteiger partial charge in [0, 0.05) is 25.6 Å². The lowest BCUT2D eigenvalue weighted by Gasteiger charge is -2.33. The van der Waals surface area contributed by atoms with Gasteiger partial charge in [-0.1, -0.05) is 45.7 Å². The average molecular weight is 389 g/mol. The summed E-state index contributed by atoms with van der Waals surface area (Å²) in [5, 5.41) is 3.03. The van der Waals surface area contributed by atoms with Crippen LogP contribution in [0, 0.1) is 5.92 Å². The second kappa shape index (κ2) is 11.1. The molecule has 28 heavy (non-hydrogen) atoms. The fourth-order valence-electron chi connectivity index (χ4n) is 3.55. The van der Waals surface area contributed by atoms with E-state index in [0.717, 1.165) is 44.4 Å². The van der Waals surface area contributed by atoms with Crippen molar-refractivity contribution in [2.45, 2.75) is 71.8 Å². The third-order valence-corrected chi connectivity index (χ3v) is 5.44. The first-order valence-electron chi connectivity index (χ1n) is 10.8. The number of hydrogen-bond donors (Lipinski definition) is 1. The van der Waals surface area contributed by atoms with Gasteiger partial charge in [-0.05, 0) is 49.8 Å². The summed E-state index contributed by atoms with van der Waals surface area (Å²) in [6, 6.07) is 7.93. The van der Waals surface area contributed by atoms with Crippen molar-refractivity contribution in [3.8, 4) is 5.75 Å². The molecule has 0 bridgehead atoms. The van der Waals surface area contributed by atoms with Gasteiger partial charge in [0.15, 0.2) is 6.10 Å². The zero-order valence-corrected chi connectivity index (χ0v) is 17.9. The van der Waals surface area contributed by atoms with E-state index in [0.29, 0.717) is 19.0 Å². The fraction of sp³-hybridized carbons (Fsp3) is 0.652. The van der Waals surface area contributed by atoms with E-state index in [9.17, 15) is 9.59 Å². The summed E-state index contributed by atoms with van der Waals surface area (Å²) < 4.78 is 5.90. The largest absolute Gasteiger partial charge is 0.481 e. The maximum atomic E-state index is 12.7. The van der Waals surface area contributed by atoms with Crippen LogP contribution < -0.4 is 10.1 Å². The Bertz CT molecular complexity index is 636. The van der Waals surface area contributed by atoms with E-state index in [1.807, 2.05) is 23.1 Å². The van der Waals surface area contributed by atoms with Crippen molar-refractivity contribution in [1.29, 1.82) is 0 Å². The summed E-state index contributed by atoms with van der Waals surface area (Å²) in [7, 11) is 0. The predicted molar refractivity (Wildman–Crippen MR) is 112 cm³/mol. The van der Waals surface area contributed by atoms with Gasteiger partial charge < -0.3 is 15.0 Å². The second-order valence-electron chi connectivity index (χ2n) is 8.08. The van der Waals surface area contributed by atoms with Crippen molar-refractivity contribution in [2.75, 3.05) is 19.6 Å². The normalized spacial score (nSPS) is 16.1. The Balaban J connectivity index is 1.79. The van der Waals surface area contributed by atoms with Crippen LogP contribution in [0.3, 0.4) is 0 Å². The van der Waals surface area contributed by atoms with Gasteiger partial charge in [-0.3, -0.25) is 9.59 Å². The quantitative estimate of drug-likeness (QED) is 0.647. The van der Waals surface area contributed by atoms with Crippen molar-refractivity contribution in [2.24, 2.45) is 5.92 Å². The molecule has 1 saturated heterocycles. The molecule has 5 heteroatoms. The lowest BCUT2D eigenvalue weighted by molar-refractivity contribution is -0.141. The highest BCUT2D eigenvalue weighted by atomic mass is 16.5. The van der Waals surface area contributed by atoms with Gasteiger partial charge in [-0.2, -0.15) is 0 Å². The summed E-state index contributed by atoms with van der Waals surface area (Å²) in [6.07, 6.45) is 4.25. The topological polar surface area (TPSA) is 58.6 Å². The van der Waals surface area contributed by atoms with Crippen molar-refractivity contribution >= 4 is 11.8 Å². The van der Waals surface area contributed by atoms with E-state index in [-0.39, 0.29) is 17.7 Å². The third-order valence-electron chi connectivity index (χ3n) is 5.44. The van der Waals surface area contributed by atoms with E-state index in [2.05, 4.69) is 32.2 Å². The molecule has 0 aliphatic carbocycles. The molecule has 1 aromatic carbocycles. The second-order valence-corrected chi connectivity index (χ2v) is 8.08. The molecule has 156 valence electrons. The van der Waals surface area contributed by atoms with Crippen LogP contribution in [0.4, 0.5) is 0 Å². The standard InChI is InChI=1S/C23H36N2O3/c1-5-6-7-13-24-22(26)19-11-14-25(15-12-19)23(27)18(4)28-21-10-8-9-20(16-21)17(2)3/h8-10,16-19H,5-7,11-15H2,1-4H3,(H,24,26). The Morgan fingerprint density at radius 2 is 1.89 bits per heavy atom. The lowest BCUT2D eigenvalue weighted by Crippen LogP contribution is -2.47. The minimum Gasteiger partial charge on any atom is -0.481 e. The van der Waals surface area contributed by atoms with Crippen molar-refractivity contribution in [1.82, 2.24) is 10.2 Å². The summed E-state index contributed by atoms with van der Waals surface area (Å²) in [5.41, 5.74) is 1.20. The molecular weight excluding hydrogens is 352 g/mol. The Morgan fingerprint density at radius 3 is 2.54 bits per heavy atom. The number of nitrogens with one attached hydrogen (secondary N) is 1. The SMILES string of the molecule is CCCCCNC(=O)C1CCN(C(=O)C(C)Oc2cccc(C(C)C)c2)CC1. The number of rotatable bonds is 9. The highest BCUT2D eigenvalue weighted by Crippen LogP contribution is 2.22. The van der Waals surface area contributed by atoms with Crippen molar-refractivity contribution in [3.63, 3.8) is 0 Å². The van der Waals surface area contributed by atoms with E-state index >= 15 is 0 Å². The van der Waals surface area contributed by atoms with Gasteiger partial charge in [-0.25, -0.2) is 0 Å². The zero-order valence-electron chi connectivity index (χ0n) is 17.9. The van der Waals surface area contributed by atoms with Gasteiger partial charge in [0.2, 0.25) is 5.91 Å². The molecule has 5 nitrogen and oxygen atoms in total. The van der Waals surface area contributed by atoms with E-state index < -0.39 is 6.10 Å². The fourth-order valence-corrected chi connectivity index (χ4v) is 3.55. The first kappa shape index (κ1) is 22.3. The smallest absolute Gasteiger partial charge is 0.263 e. The first-order valence-corrected chi connectivity index (χ1v) is 10.8. The van der Waals surface area contributed by atoms with Crippen LogP contribution in [-0.2, 0) is 9.59 Å². The molecule has 1 aliphatic heterocycles. The number of likely N-dealkylation sites (tertiary alicyclic amines) is 1. The first-order chi connectivity index (χ1) is 13.4. The minimum atomic E-state index is -0.526. The number of piperidine rings is 1. The van der Waals surface area contributed by atoms with Gasteiger partial charge in [0.25, 0.3) is 5.91 Å². The molecule has 1 heterocycles. The maximum Gasteiger partial charge on any atom is 0.263 e. The molecule has 1 N–H and O–H groups in total. The number of hydrogen-bond acceptors (Lipinski definition) is 3. The van der Waals surface area contributed by atoms with Crippen LogP contribution in [-0.4, -0.2) is 42.5 Å². The van der Waals surface area contributed by atoms with Gasteiger partial charge >= 0.3 is 0 Å². The average Bonchev–Trinajstić information content (AvgIpc) is 2.70. The molecule has 1 atom stereocenters. The number of nitrogens with zero attached hydrogens (tertiary/aromatic N) is 1. The Hall–Kier alpha value is -2.04. The molecule has 0 spiro atoms. The lowest BCUT2D eigenvalue weighted by atomic mass is 9.95. The number of carbonyl (C=O) groups is 2. The monoisotopic (exact) mass is 388 g/mol. The number of unbranched alkanes of at least 4 members (excludes halogenated alkanes) is 2. The third kappa shape index (κ3) is 6.54. The van der Waals surface area contributed by atoms with Crippen LogP contribution in [0.15, 0.2) is 24.3 Å². The van der Waals surface area contributed by atoms with Crippen molar-refractivity contribution in [3.05, 3.63) is 29.8 Å². The van der Waals surface area contributed by atoms with Gasteiger partial charge in [-0.15, -0.1) is 0 Å². The molecule has 0 saturated carbocycles. The highest BCUT2D eigenvalue weighted by molar-refractivity contribution is 5.82. The molecule has 0 aromatic heterocycles. The Kier molecular flexibility index (Phi) is 8.81. The van der Waals surface area contributed by atoms with Crippen molar-refractivity contribution < 1.29 is 14.3 Å². The van der Waals surface area contributed by atoms with E-state index in [1.165, 1.54) is 5.56 Å². The summed E-state index contributed by atoms with van der Waals surface area (Å²) >= 11 is 0.